The van der Waals surface area contributed by atoms with Gasteiger partial charge in [-0.3, -0.25) is 4.79 Å². The van der Waals surface area contributed by atoms with Crippen molar-refractivity contribution in [3.05, 3.63) is 23.9 Å². The first-order valence-corrected chi connectivity index (χ1v) is 4.99. The van der Waals surface area contributed by atoms with E-state index in [2.05, 4.69) is 4.98 Å². The van der Waals surface area contributed by atoms with Crippen molar-refractivity contribution in [1.82, 2.24) is 4.98 Å². The Kier molecular flexibility index (Phi) is 2.48. The van der Waals surface area contributed by atoms with Crippen molar-refractivity contribution in [3.8, 4) is 0 Å². The van der Waals surface area contributed by atoms with E-state index < -0.39 is 0 Å². The van der Waals surface area contributed by atoms with E-state index >= 15 is 0 Å². The SMILES string of the molecule is Nc1cc(CC(=O)C2CCC2)ccn1. The molecule has 74 valence electrons. The van der Waals surface area contributed by atoms with Crippen LogP contribution in [-0.4, -0.2) is 10.8 Å². The third kappa shape index (κ3) is 1.92. The molecule has 1 saturated carbocycles. The van der Waals surface area contributed by atoms with Crippen LogP contribution in [0.3, 0.4) is 0 Å². The summed E-state index contributed by atoms with van der Waals surface area (Å²) in [6, 6.07) is 3.63. The molecule has 0 amide bonds. The summed E-state index contributed by atoms with van der Waals surface area (Å²) in [4.78, 5) is 15.5. The molecule has 14 heavy (non-hydrogen) atoms. The van der Waals surface area contributed by atoms with Crippen LogP contribution in [-0.2, 0) is 11.2 Å². The summed E-state index contributed by atoms with van der Waals surface area (Å²) in [5.41, 5.74) is 6.52. The van der Waals surface area contributed by atoms with E-state index in [4.69, 9.17) is 5.73 Å². The summed E-state index contributed by atoms with van der Waals surface area (Å²) in [6.07, 6.45) is 5.50. The number of nitrogens with two attached hydrogens (primary N) is 1. The Bertz CT molecular complexity index is 345. The zero-order valence-electron chi connectivity index (χ0n) is 8.07. The molecule has 1 heterocycles. The monoisotopic (exact) mass is 190 g/mol. The minimum atomic E-state index is 0.310. The molecule has 1 aromatic rings. The molecule has 0 saturated heterocycles. The molecule has 1 aromatic heterocycles. The lowest BCUT2D eigenvalue weighted by Crippen LogP contribution is -2.23. The van der Waals surface area contributed by atoms with Crippen LogP contribution in [0, 0.1) is 5.92 Å². The number of hydrogen-bond acceptors (Lipinski definition) is 3. The van der Waals surface area contributed by atoms with Gasteiger partial charge in [-0.2, -0.15) is 0 Å². The third-order valence-corrected chi connectivity index (χ3v) is 2.78. The molecular weight excluding hydrogens is 176 g/mol. The molecular formula is C11H14N2O. The van der Waals surface area contributed by atoms with Gasteiger partial charge in [0, 0.05) is 18.5 Å². The number of pyridine rings is 1. The maximum absolute atomic E-state index is 11.6. The molecule has 1 fully saturated rings. The molecule has 2 N–H and O–H groups in total. The Morgan fingerprint density at radius 1 is 1.57 bits per heavy atom. The number of ketones is 1. The van der Waals surface area contributed by atoms with Crippen molar-refractivity contribution in [2.75, 3.05) is 5.73 Å². The van der Waals surface area contributed by atoms with Crippen LogP contribution >= 0.6 is 0 Å². The number of Topliss-reactive ketones (excluding diaryl/α,β-unsaturated/α-hetero) is 1. The Labute approximate surface area is 83.3 Å². The number of nitrogen functional groups attached to an aromatic ring is 1. The molecule has 0 spiro atoms. The third-order valence-electron chi connectivity index (χ3n) is 2.78. The second-order valence-electron chi connectivity index (χ2n) is 3.86. The summed E-state index contributed by atoms with van der Waals surface area (Å²) in [5.74, 6) is 1.15. The minimum Gasteiger partial charge on any atom is -0.384 e. The molecule has 1 aliphatic carbocycles. The van der Waals surface area contributed by atoms with Crippen LogP contribution < -0.4 is 5.73 Å². The number of aromatic nitrogens is 1. The van der Waals surface area contributed by atoms with Gasteiger partial charge in [0.25, 0.3) is 0 Å². The maximum atomic E-state index is 11.6. The molecule has 0 radical (unpaired) electrons. The first-order chi connectivity index (χ1) is 6.75. The van der Waals surface area contributed by atoms with Crippen molar-refractivity contribution < 1.29 is 4.79 Å². The number of rotatable bonds is 3. The van der Waals surface area contributed by atoms with Crippen LogP contribution in [0.4, 0.5) is 5.82 Å². The summed E-state index contributed by atoms with van der Waals surface area (Å²) in [7, 11) is 0. The number of anilines is 1. The largest absolute Gasteiger partial charge is 0.384 e. The first kappa shape index (κ1) is 9.19. The highest BCUT2D eigenvalue weighted by Gasteiger charge is 2.24. The highest BCUT2D eigenvalue weighted by molar-refractivity contribution is 5.84. The average molecular weight is 190 g/mol. The fourth-order valence-corrected chi connectivity index (χ4v) is 1.68. The van der Waals surface area contributed by atoms with Gasteiger partial charge in [0.1, 0.15) is 11.6 Å². The van der Waals surface area contributed by atoms with Gasteiger partial charge in [0.2, 0.25) is 0 Å². The van der Waals surface area contributed by atoms with Gasteiger partial charge in [-0.15, -0.1) is 0 Å². The minimum absolute atomic E-state index is 0.310. The summed E-state index contributed by atoms with van der Waals surface area (Å²) in [5, 5.41) is 0. The Hall–Kier alpha value is -1.38. The zero-order valence-corrected chi connectivity index (χ0v) is 8.07. The lowest BCUT2D eigenvalue weighted by atomic mass is 9.80. The standard InChI is InChI=1S/C11H14N2O/c12-11-7-8(4-5-13-11)6-10(14)9-2-1-3-9/h4-5,7,9H,1-3,6H2,(H2,12,13). The van der Waals surface area contributed by atoms with E-state index in [9.17, 15) is 4.79 Å². The van der Waals surface area contributed by atoms with Crippen molar-refractivity contribution in [1.29, 1.82) is 0 Å². The second kappa shape index (κ2) is 3.78. The van der Waals surface area contributed by atoms with E-state index in [1.54, 1.807) is 12.3 Å². The van der Waals surface area contributed by atoms with Gasteiger partial charge in [-0.05, 0) is 30.5 Å². The van der Waals surface area contributed by atoms with Crippen LogP contribution in [0.2, 0.25) is 0 Å². The summed E-state index contributed by atoms with van der Waals surface area (Å²) >= 11 is 0. The van der Waals surface area contributed by atoms with Gasteiger partial charge in [-0.1, -0.05) is 6.42 Å². The zero-order chi connectivity index (χ0) is 9.97. The Morgan fingerprint density at radius 3 is 2.93 bits per heavy atom. The number of hydrogen-bond donors (Lipinski definition) is 1. The molecule has 0 atom stereocenters. The van der Waals surface area contributed by atoms with Gasteiger partial charge in [-0.25, -0.2) is 4.98 Å². The van der Waals surface area contributed by atoms with Crippen molar-refractivity contribution in [2.24, 2.45) is 5.92 Å². The highest BCUT2D eigenvalue weighted by Crippen LogP contribution is 2.28. The van der Waals surface area contributed by atoms with E-state index in [-0.39, 0.29) is 0 Å². The van der Waals surface area contributed by atoms with Crippen LogP contribution in [0.1, 0.15) is 24.8 Å². The van der Waals surface area contributed by atoms with E-state index in [0.29, 0.717) is 23.9 Å². The van der Waals surface area contributed by atoms with Crippen LogP contribution in [0.5, 0.6) is 0 Å². The van der Waals surface area contributed by atoms with Crippen molar-refractivity contribution in [3.63, 3.8) is 0 Å². The predicted octanol–water partition coefficient (Wildman–Crippen LogP) is 1.58. The Morgan fingerprint density at radius 2 is 2.36 bits per heavy atom. The fourth-order valence-electron chi connectivity index (χ4n) is 1.68. The van der Waals surface area contributed by atoms with Gasteiger partial charge < -0.3 is 5.73 Å². The van der Waals surface area contributed by atoms with Gasteiger partial charge in [0.05, 0.1) is 0 Å². The van der Waals surface area contributed by atoms with E-state index in [1.165, 1.54) is 6.42 Å². The van der Waals surface area contributed by atoms with Crippen molar-refractivity contribution >= 4 is 11.6 Å². The number of carbonyl (C=O) groups is 1. The smallest absolute Gasteiger partial charge is 0.140 e. The van der Waals surface area contributed by atoms with E-state index in [1.807, 2.05) is 6.07 Å². The predicted molar refractivity (Wildman–Crippen MR) is 54.7 cm³/mol. The van der Waals surface area contributed by atoms with E-state index in [0.717, 1.165) is 18.4 Å². The lowest BCUT2D eigenvalue weighted by Gasteiger charge is -2.23. The van der Waals surface area contributed by atoms with Crippen molar-refractivity contribution in [2.45, 2.75) is 25.7 Å². The van der Waals surface area contributed by atoms with Crippen LogP contribution in [0.25, 0.3) is 0 Å². The average Bonchev–Trinajstić information content (AvgIpc) is 1.99. The molecule has 2 rings (SSSR count). The lowest BCUT2D eigenvalue weighted by molar-refractivity contribution is -0.124. The second-order valence-corrected chi connectivity index (χ2v) is 3.86. The molecule has 0 unspecified atom stereocenters. The first-order valence-electron chi connectivity index (χ1n) is 4.99. The quantitative estimate of drug-likeness (QED) is 0.787. The number of carbonyl (C=O) groups excluding carboxylic acids is 1. The molecule has 0 aliphatic heterocycles. The summed E-state index contributed by atoms with van der Waals surface area (Å²) in [6.45, 7) is 0. The fraction of sp³-hybridized carbons (Fsp3) is 0.455. The maximum Gasteiger partial charge on any atom is 0.140 e. The van der Waals surface area contributed by atoms with Gasteiger partial charge in [0.15, 0.2) is 0 Å². The summed E-state index contributed by atoms with van der Waals surface area (Å²) < 4.78 is 0. The molecule has 0 bridgehead atoms. The molecule has 1 aliphatic rings. The molecule has 0 aromatic carbocycles. The highest BCUT2D eigenvalue weighted by atomic mass is 16.1. The van der Waals surface area contributed by atoms with Crippen LogP contribution in [0.15, 0.2) is 18.3 Å². The Balaban J connectivity index is 1.99. The normalized spacial score (nSPS) is 16.3. The molecule has 3 heteroatoms. The molecule has 3 nitrogen and oxygen atoms in total. The van der Waals surface area contributed by atoms with Gasteiger partial charge >= 0.3 is 0 Å². The number of nitrogens with zero attached hydrogens (tertiary/aromatic N) is 1. The topological polar surface area (TPSA) is 56.0 Å².